The van der Waals surface area contributed by atoms with Crippen LogP contribution in [0.25, 0.3) is 0 Å². The zero-order chi connectivity index (χ0) is 15.5. The number of aromatic nitrogens is 1. The molecule has 3 amide bonds. The Hall–Kier alpha value is -2.96. The molecule has 2 aromatic rings. The number of amides is 3. The Morgan fingerprint density at radius 2 is 2.09 bits per heavy atom. The summed E-state index contributed by atoms with van der Waals surface area (Å²) in [5, 5.41) is 2.66. The summed E-state index contributed by atoms with van der Waals surface area (Å²) >= 11 is 0. The standard InChI is InChI=1S/C15H13N3O4/c19-12(17-9-10-3-2-8-22-10)5-7-18-14(20)11-4-1-6-16-13(11)15(18)21/h1-4,6,8H,5,7,9H2,(H,17,19). The van der Waals surface area contributed by atoms with Crippen molar-refractivity contribution in [3.05, 3.63) is 53.7 Å². The van der Waals surface area contributed by atoms with Gasteiger partial charge in [0.25, 0.3) is 11.8 Å². The maximum absolute atomic E-state index is 12.1. The molecular weight excluding hydrogens is 286 g/mol. The molecule has 0 fully saturated rings. The Bertz CT molecular complexity index is 689. The lowest BCUT2D eigenvalue weighted by Crippen LogP contribution is -2.34. The third-order valence-electron chi connectivity index (χ3n) is 3.33. The van der Waals surface area contributed by atoms with Crippen LogP contribution < -0.4 is 5.32 Å². The monoisotopic (exact) mass is 299 g/mol. The van der Waals surface area contributed by atoms with Crippen LogP contribution >= 0.6 is 0 Å². The van der Waals surface area contributed by atoms with E-state index in [0.29, 0.717) is 5.76 Å². The minimum absolute atomic E-state index is 0.0258. The first-order chi connectivity index (χ1) is 10.7. The van der Waals surface area contributed by atoms with Gasteiger partial charge in [-0.1, -0.05) is 0 Å². The van der Waals surface area contributed by atoms with Gasteiger partial charge >= 0.3 is 0 Å². The molecule has 7 heteroatoms. The van der Waals surface area contributed by atoms with Crippen molar-refractivity contribution in [3.63, 3.8) is 0 Å². The minimum atomic E-state index is -0.459. The van der Waals surface area contributed by atoms with Crippen molar-refractivity contribution in [1.82, 2.24) is 15.2 Å². The Kier molecular flexibility index (Phi) is 3.69. The van der Waals surface area contributed by atoms with Crippen molar-refractivity contribution in [3.8, 4) is 0 Å². The molecule has 0 aliphatic carbocycles. The van der Waals surface area contributed by atoms with E-state index >= 15 is 0 Å². The number of nitrogens with zero attached hydrogens (tertiary/aromatic N) is 2. The molecule has 3 heterocycles. The van der Waals surface area contributed by atoms with Gasteiger partial charge in [-0.3, -0.25) is 24.3 Å². The molecule has 112 valence electrons. The molecule has 0 unspecified atom stereocenters. The molecule has 1 N–H and O–H groups in total. The van der Waals surface area contributed by atoms with Crippen molar-refractivity contribution in [2.45, 2.75) is 13.0 Å². The highest BCUT2D eigenvalue weighted by atomic mass is 16.3. The number of carbonyl (C=O) groups excluding carboxylic acids is 3. The first-order valence-corrected chi connectivity index (χ1v) is 6.77. The van der Waals surface area contributed by atoms with Gasteiger partial charge in [0.2, 0.25) is 5.91 Å². The fourth-order valence-corrected chi connectivity index (χ4v) is 2.22. The SMILES string of the molecule is O=C(CCN1C(=O)c2cccnc2C1=O)NCc1ccco1. The number of hydrogen-bond donors (Lipinski definition) is 1. The maximum atomic E-state index is 12.1. The van der Waals surface area contributed by atoms with E-state index in [-0.39, 0.29) is 36.7 Å². The van der Waals surface area contributed by atoms with Gasteiger partial charge in [0.1, 0.15) is 11.5 Å². The predicted octanol–water partition coefficient (Wildman–Crippen LogP) is 0.977. The van der Waals surface area contributed by atoms with Crippen molar-refractivity contribution in [2.24, 2.45) is 0 Å². The van der Waals surface area contributed by atoms with Gasteiger partial charge in [-0.05, 0) is 24.3 Å². The van der Waals surface area contributed by atoms with Gasteiger partial charge in [-0.15, -0.1) is 0 Å². The van der Waals surface area contributed by atoms with E-state index in [9.17, 15) is 14.4 Å². The molecule has 0 spiro atoms. The fourth-order valence-electron chi connectivity index (χ4n) is 2.22. The summed E-state index contributed by atoms with van der Waals surface area (Å²) in [7, 11) is 0. The molecule has 1 aliphatic rings. The van der Waals surface area contributed by atoms with Gasteiger partial charge in [0.05, 0.1) is 18.4 Å². The van der Waals surface area contributed by atoms with Crippen LogP contribution in [-0.4, -0.2) is 34.2 Å². The first kappa shape index (κ1) is 14.0. The second kappa shape index (κ2) is 5.80. The maximum Gasteiger partial charge on any atom is 0.280 e. The van der Waals surface area contributed by atoms with Crippen molar-refractivity contribution < 1.29 is 18.8 Å². The average Bonchev–Trinajstić information content (AvgIpc) is 3.13. The first-order valence-electron chi connectivity index (χ1n) is 6.77. The van der Waals surface area contributed by atoms with Crippen LogP contribution in [0.3, 0.4) is 0 Å². The highest BCUT2D eigenvalue weighted by Crippen LogP contribution is 2.20. The highest BCUT2D eigenvalue weighted by molar-refractivity contribution is 6.20. The van der Waals surface area contributed by atoms with Gasteiger partial charge in [-0.2, -0.15) is 0 Å². The van der Waals surface area contributed by atoms with Gasteiger partial charge < -0.3 is 9.73 Å². The van der Waals surface area contributed by atoms with Crippen molar-refractivity contribution >= 4 is 17.7 Å². The second-order valence-corrected chi connectivity index (χ2v) is 4.77. The zero-order valence-corrected chi connectivity index (χ0v) is 11.6. The van der Waals surface area contributed by atoms with Crippen LogP contribution in [0.1, 0.15) is 33.0 Å². The summed E-state index contributed by atoms with van der Waals surface area (Å²) in [6.07, 6.45) is 3.02. The predicted molar refractivity (Wildman–Crippen MR) is 74.8 cm³/mol. The third-order valence-corrected chi connectivity index (χ3v) is 3.33. The number of fused-ring (bicyclic) bond motifs is 1. The minimum Gasteiger partial charge on any atom is -0.467 e. The smallest absolute Gasteiger partial charge is 0.280 e. The van der Waals surface area contributed by atoms with Crippen molar-refractivity contribution in [2.75, 3.05) is 6.54 Å². The van der Waals surface area contributed by atoms with Crippen LogP contribution in [-0.2, 0) is 11.3 Å². The van der Waals surface area contributed by atoms with E-state index in [4.69, 9.17) is 4.42 Å². The Morgan fingerprint density at radius 1 is 1.23 bits per heavy atom. The molecule has 0 saturated carbocycles. The number of carbonyl (C=O) groups is 3. The molecule has 1 aliphatic heterocycles. The summed E-state index contributed by atoms with van der Waals surface area (Å²) in [4.78, 5) is 40.9. The van der Waals surface area contributed by atoms with E-state index < -0.39 is 11.8 Å². The summed E-state index contributed by atoms with van der Waals surface area (Å²) in [6.45, 7) is 0.299. The lowest BCUT2D eigenvalue weighted by molar-refractivity contribution is -0.121. The molecule has 0 atom stereocenters. The largest absolute Gasteiger partial charge is 0.467 e. The Balaban J connectivity index is 1.55. The average molecular weight is 299 g/mol. The Morgan fingerprint density at radius 3 is 2.82 bits per heavy atom. The lowest BCUT2D eigenvalue weighted by Gasteiger charge is -2.12. The van der Waals surface area contributed by atoms with E-state index in [1.807, 2.05) is 0 Å². The molecule has 0 aromatic carbocycles. The molecular formula is C15H13N3O4. The highest BCUT2D eigenvalue weighted by Gasteiger charge is 2.36. The lowest BCUT2D eigenvalue weighted by atomic mass is 10.2. The normalized spacial score (nSPS) is 13.4. The van der Waals surface area contributed by atoms with Gasteiger partial charge in [0.15, 0.2) is 0 Å². The van der Waals surface area contributed by atoms with E-state index in [0.717, 1.165) is 4.90 Å². The van der Waals surface area contributed by atoms with Crippen LogP contribution in [0.4, 0.5) is 0 Å². The fraction of sp³-hybridized carbons (Fsp3) is 0.200. The van der Waals surface area contributed by atoms with Crippen LogP contribution in [0, 0.1) is 0 Å². The molecule has 0 bridgehead atoms. The van der Waals surface area contributed by atoms with E-state index in [1.54, 1.807) is 24.3 Å². The molecule has 0 saturated heterocycles. The number of furan rings is 1. The number of nitrogens with one attached hydrogen (secondary N) is 1. The summed E-state index contributed by atoms with van der Waals surface area (Å²) < 4.78 is 5.10. The number of pyridine rings is 1. The molecule has 0 radical (unpaired) electrons. The second-order valence-electron chi connectivity index (χ2n) is 4.77. The van der Waals surface area contributed by atoms with Gasteiger partial charge in [0, 0.05) is 19.2 Å². The zero-order valence-electron chi connectivity index (χ0n) is 11.6. The number of imide groups is 1. The number of hydrogen-bond acceptors (Lipinski definition) is 5. The molecule has 3 rings (SSSR count). The summed E-state index contributed by atoms with van der Waals surface area (Å²) in [5.74, 6) is -0.495. The van der Waals surface area contributed by atoms with Crippen molar-refractivity contribution in [1.29, 1.82) is 0 Å². The number of rotatable bonds is 5. The van der Waals surface area contributed by atoms with Crippen LogP contribution in [0.2, 0.25) is 0 Å². The van der Waals surface area contributed by atoms with Crippen LogP contribution in [0.15, 0.2) is 41.1 Å². The topological polar surface area (TPSA) is 92.5 Å². The van der Waals surface area contributed by atoms with E-state index in [2.05, 4.69) is 10.3 Å². The van der Waals surface area contributed by atoms with Gasteiger partial charge in [-0.25, -0.2) is 0 Å². The molecule has 7 nitrogen and oxygen atoms in total. The molecule has 2 aromatic heterocycles. The summed E-state index contributed by atoms with van der Waals surface area (Å²) in [5.41, 5.74) is 0.423. The third kappa shape index (κ3) is 2.60. The quantitative estimate of drug-likeness (QED) is 0.831. The van der Waals surface area contributed by atoms with Crippen LogP contribution in [0.5, 0.6) is 0 Å². The van der Waals surface area contributed by atoms with E-state index in [1.165, 1.54) is 12.5 Å². The molecule has 22 heavy (non-hydrogen) atoms. The Labute approximate surface area is 125 Å². The summed E-state index contributed by atoms with van der Waals surface area (Å²) in [6, 6.07) is 6.63.